The van der Waals surface area contributed by atoms with Crippen molar-refractivity contribution in [3.05, 3.63) is 58.9 Å². The molecule has 1 atom stereocenters. The molecule has 148 valence electrons. The molecule has 3 amide bonds. The lowest BCUT2D eigenvalue weighted by molar-refractivity contribution is -0.132. The van der Waals surface area contributed by atoms with Crippen molar-refractivity contribution in [1.29, 1.82) is 0 Å². The van der Waals surface area contributed by atoms with E-state index in [9.17, 15) is 14.0 Å². The van der Waals surface area contributed by atoms with Crippen LogP contribution in [0.3, 0.4) is 0 Å². The number of carbonyl (C=O) groups excluding carboxylic acids is 2. The van der Waals surface area contributed by atoms with Crippen LogP contribution in [0.1, 0.15) is 30.0 Å². The standard InChI is InChI=1S/C21H23FN2O4/c1-5-21(15-6-8-16(22)9-7-15)19(25)24(20(26)23-21)12-14-11-18(28-4)17(27-3)10-13(14)2/h6-11H,5,12H2,1-4H3,(H,23,26). The highest BCUT2D eigenvalue weighted by Crippen LogP contribution is 2.35. The van der Waals surface area contributed by atoms with Gasteiger partial charge in [-0.05, 0) is 54.3 Å². The minimum Gasteiger partial charge on any atom is -0.493 e. The van der Waals surface area contributed by atoms with Crippen molar-refractivity contribution in [1.82, 2.24) is 10.2 Å². The molecule has 1 aliphatic rings. The van der Waals surface area contributed by atoms with Crippen LogP contribution in [-0.4, -0.2) is 31.1 Å². The summed E-state index contributed by atoms with van der Waals surface area (Å²) in [7, 11) is 3.08. The third-order valence-electron chi connectivity index (χ3n) is 5.21. The maximum Gasteiger partial charge on any atom is 0.325 e. The predicted octanol–water partition coefficient (Wildman–Crippen LogP) is 3.51. The number of benzene rings is 2. The Bertz CT molecular complexity index is 913. The Morgan fingerprint density at radius 3 is 2.25 bits per heavy atom. The zero-order chi connectivity index (χ0) is 20.5. The van der Waals surface area contributed by atoms with Gasteiger partial charge in [0.05, 0.1) is 20.8 Å². The fourth-order valence-corrected chi connectivity index (χ4v) is 3.51. The quantitative estimate of drug-likeness (QED) is 0.772. The third kappa shape index (κ3) is 3.17. The molecule has 6 nitrogen and oxygen atoms in total. The number of nitrogens with one attached hydrogen (secondary N) is 1. The Morgan fingerprint density at radius 1 is 1.07 bits per heavy atom. The number of halogens is 1. The molecule has 28 heavy (non-hydrogen) atoms. The van der Waals surface area contributed by atoms with Gasteiger partial charge in [-0.1, -0.05) is 19.1 Å². The second-order valence-corrected chi connectivity index (χ2v) is 6.72. The van der Waals surface area contributed by atoms with Gasteiger partial charge in [-0.15, -0.1) is 0 Å². The Balaban J connectivity index is 1.95. The lowest BCUT2D eigenvalue weighted by Crippen LogP contribution is -2.43. The zero-order valence-corrected chi connectivity index (χ0v) is 16.3. The smallest absolute Gasteiger partial charge is 0.325 e. The van der Waals surface area contributed by atoms with E-state index in [1.54, 1.807) is 19.2 Å². The Labute approximate surface area is 163 Å². The summed E-state index contributed by atoms with van der Waals surface area (Å²) < 4.78 is 23.9. The molecule has 0 spiro atoms. The van der Waals surface area contributed by atoms with Crippen molar-refractivity contribution >= 4 is 11.9 Å². The predicted molar refractivity (Wildman–Crippen MR) is 102 cm³/mol. The molecular formula is C21H23FN2O4. The third-order valence-corrected chi connectivity index (χ3v) is 5.21. The van der Waals surface area contributed by atoms with Crippen molar-refractivity contribution in [3.8, 4) is 11.5 Å². The summed E-state index contributed by atoms with van der Waals surface area (Å²) in [5.74, 6) is 0.344. The maximum absolute atomic E-state index is 13.3. The van der Waals surface area contributed by atoms with E-state index < -0.39 is 17.4 Å². The molecular weight excluding hydrogens is 363 g/mol. The fourth-order valence-electron chi connectivity index (χ4n) is 3.51. The first kappa shape index (κ1) is 19.7. The second kappa shape index (κ2) is 7.50. The Kier molecular flexibility index (Phi) is 5.27. The molecule has 0 radical (unpaired) electrons. The summed E-state index contributed by atoms with van der Waals surface area (Å²) in [5.41, 5.74) is 0.998. The summed E-state index contributed by atoms with van der Waals surface area (Å²) >= 11 is 0. The summed E-state index contributed by atoms with van der Waals surface area (Å²) in [6.07, 6.45) is 0.352. The lowest BCUT2D eigenvalue weighted by Gasteiger charge is -2.26. The first-order valence-electron chi connectivity index (χ1n) is 8.98. The Morgan fingerprint density at radius 2 is 1.68 bits per heavy atom. The van der Waals surface area contributed by atoms with Gasteiger partial charge in [0.1, 0.15) is 11.4 Å². The highest BCUT2D eigenvalue weighted by Gasteiger charge is 2.51. The number of nitrogens with zero attached hydrogens (tertiary/aromatic N) is 1. The van der Waals surface area contributed by atoms with E-state index in [0.717, 1.165) is 11.1 Å². The summed E-state index contributed by atoms with van der Waals surface area (Å²) in [5, 5.41) is 2.80. The number of methoxy groups -OCH3 is 2. The number of carbonyl (C=O) groups is 2. The molecule has 0 aromatic heterocycles. The molecule has 1 N–H and O–H groups in total. The SMILES string of the molecule is CCC1(c2ccc(F)cc2)NC(=O)N(Cc2cc(OC)c(OC)cc2C)C1=O. The first-order chi connectivity index (χ1) is 13.4. The van der Waals surface area contributed by atoms with E-state index in [-0.39, 0.29) is 12.5 Å². The molecule has 1 heterocycles. The average molecular weight is 386 g/mol. The average Bonchev–Trinajstić information content (AvgIpc) is 2.94. The number of hydrogen-bond acceptors (Lipinski definition) is 4. The van der Waals surface area contributed by atoms with Gasteiger partial charge in [-0.2, -0.15) is 0 Å². The number of hydrogen-bond donors (Lipinski definition) is 1. The van der Waals surface area contributed by atoms with E-state index >= 15 is 0 Å². The largest absolute Gasteiger partial charge is 0.493 e. The van der Waals surface area contributed by atoms with E-state index in [1.807, 2.05) is 13.8 Å². The minimum atomic E-state index is -1.20. The highest BCUT2D eigenvalue weighted by molar-refractivity contribution is 6.07. The van der Waals surface area contributed by atoms with Gasteiger partial charge in [0.2, 0.25) is 0 Å². The van der Waals surface area contributed by atoms with Crippen molar-refractivity contribution in [3.63, 3.8) is 0 Å². The molecule has 0 saturated carbocycles. The monoisotopic (exact) mass is 386 g/mol. The van der Waals surface area contributed by atoms with Gasteiger partial charge in [0, 0.05) is 0 Å². The van der Waals surface area contributed by atoms with Crippen molar-refractivity contribution in [2.45, 2.75) is 32.4 Å². The van der Waals surface area contributed by atoms with E-state index in [1.165, 1.54) is 36.3 Å². The number of urea groups is 1. The summed E-state index contributed by atoms with van der Waals surface area (Å²) in [4.78, 5) is 27.1. The van der Waals surface area contributed by atoms with Gasteiger partial charge in [0.15, 0.2) is 11.5 Å². The van der Waals surface area contributed by atoms with Crippen LogP contribution in [0.2, 0.25) is 0 Å². The van der Waals surface area contributed by atoms with E-state index in [0.29, 0.717) is 23.5 Å². The minimum absolute atomic E-state index is 0.0970. The zero-order valence-electron chi connectivity index (χ0n) is 16.3. The molecule has 0 aliphatic carbocycles. The van der Waals surface area contributed by atoms with Crippen LogP contribution in [0.25, 0.3) is 0 Å². The fraction of sp³-hybridized carbons (Fsp3) is 0.333. The topological polar surface area (TPSA) is 67.9 Å². The Hall–Kier alpha value is -3.09. The van der Waals surface area contributed by atoms with Crippen LogP contribution in [0, 0.1) is 12.7 Å². The van der Waals surface area contributed by atoms with E-state index in [4.69, 9.17) is 9.47 Å². The van der Waals surface area contributed by atoms with Crippen LogP contribution in [0.5, 0.6) is 11.5 Å². The molecule has 2 aromatic carbocycles. The van der Waals surface area contributed by atoms with Crippen LogP contribution in [-0.2, 0) is 16.9 Å². The van der Waals surface area contributed by atoms with Crippen LogP contribution in [0.15, 0.2) is 36.4 Å². The summed E-state index contributed by atoms with van der Waals surface area (Å²) in [6, 6.07) is 8.72. The molecule has 1 aliphatic heterocycles. The van der Waals surface area contributed by atoms with Gasteiger partial charge in [-0.3, -0.25) is 9.69 Å². The molecule has 0 bridgehead atoms. The molecule has 7 heteroatoms. The first-order valence-corrected chi connectivity index (χ1v) is 8.98. The molecule has 1 fully saturated rings. The summed E-state index contributed by atoms with van der Waals surface area (Å²) in [6.45, 7) is 3.79. The number of amides is 3. The molecule has 1 unspecified atom stereocenters. The highest BCUT2D eigenvalue weighted by atomic mass is 19.1. The van der Waals surface area contributed by atoms with Gasteiger partial charge >= 0.3 is 6.03 Å². The lowest BCUT2D eigenvalue weighted by atomic mass is 9.87. The number of aryl methyl sites for hydroxylation is 1. The normalized spacial score (nSPS) is 19.0. The van der Waals surface area contributed by atoms with Gasteiger partial charge in [0.25, 0.3) is 5.91 Å². The molecule has 1 saturated heterocycles. The number of rotatable bonds is 6. The molecule has 3 rings (SSSR count). The van der Waals surface area contributed by atoms with Crippen molar-refractivity contribution < 1.29 is 23.5 Å². The molecule has 2 aromatic rings. The van der Waals surface area contributed by atoms with Crippen LogP contribution < -0.4 is 14.8 Å². The number of ether oxygens (including phenoxy) is 2. The van der Waals surface area contributed by atoms with Crippen molar-refractivity contribution in [2.24, 2.45) is 0 Å². The second-order valence-electron chi connectivity index (χ2n) is 6.72. The van der Waals surface area contributed by atoms with Gasteiger partial charge in [-0.25, -0.2) is 9.18 Å². The van der Waals surface area contributed by atoms with Crippen LogP contribution in [0.4, 0.5) is 9.18 Å². The number of imide groups is 1. The van der Waals surface area contributed by atoms with Crippen molar-refractivity contribution in [2.75, 3.05) is 14.2 Å². The maximum atomic E-state index is 13.3. The van der Waals surface area contributed by atoms with E-state index in [2.05, 4.69) is 5.32 Å². The van der Waals surface area contributed by atoms with Gasteiger partial charge < -0.3 is 14.8 Å². The van der Waals surface area contributed by atoms with Crippen LogP contribution >= 0.6 is 0 Å².